The SMILES string of the molecule is CCOc1cccc(C(=O)N2CCCC[C@@H]2c2cccnc2)c1. The molecule has 1 atom stereocenters. The van der Waals surface area contributed by atoms with Crippen LogP contribution in [0.25, 0.3) is 0 Å². The Morgan fingerprint density at radius 1 is 1.30 bits per heavy atom. The lowest BCUT2D eigenvalue weighted by Crippen LogP contribution is -2.38. The van der Waals surface area contributed by atoms with Gasteiger partial charge in [0.2, 0.25) is 0 Å². The highest BCUT2D eigenvalue weighted by Crippen LogP contribution is 2.32. The topological polar surface area (TPSA) is 42.4 Å². The van der Waals surface area contributed by atoms with Gasteiger partial charge >= 0.3 is 0 Å². The van der Waals surface area contributed by atoms with E-state index in [1.807, 2.05) is 48.4 Å². The first-order chi connectivity index (χ1) is 11.3. The number of hydrogen-bond donors (Lipinski definition) is 0. The molecule has 0 radical (unpaired) electrons. The number of pyridine rings is 1. The minimum Gasteiger partial charge on any atom is -0.494 e. The van der Waals surface area contributed by atoms with Crippen molar-refractivity contribution in [2.45, 2.75) is 32.2 Å². The van der Waals surface area contributed by atoms with Gasteiger partial charge in [-0.05, 0) is 56.0 Å². The minimum absolute atomic E-state index is 0.0695. The van der Waals surface area contributed by atoms with E-state index in [0.29, 0.717) is 12.2 Å². The summed E-state index contributed by atoms with van der Waals surface area (Å²) in [5.41, 5.74) is 1.80. The monoisotopic (exact) mass is 310 g/mol. The first kappa shape index (κ1) is 15.5. The van der Waals surface area contributed by atoms with E-state index in [1.165, 1.54) is 0 Å². The fourth-order valence-corrected chi connectivity index (χ4v) is 3.15. The molecule has 0 spiro atoms. The average Bonchev–Trinajstić information content (AvgIpc) is 2.62. The molecule has 0 N–H and O–H groups in total. The predicted octanol–water partition coefficient (Wildman–Crippen LogP) is 3.85. The lowest BCUT2D eigenvalue weighted by atomic mass is 9.95. The molecule has 0 unspecified atom stereocenters. The van der Waals surface area contributed by atoms with Gasteiger partial charge < -0.3 is 9.64 Å². The van der Waals surface area contributed by atoms with Crippen LogP contribution >= 0.6 is 0 Å². The van der Waals surface area contributed by atoms with Crippen molar-refractivity contribution in [1.82, 2.24) is 9.88 Å². The van der Waals surface area contributed by atoms with Crippen molar-refractivity contribution in [2.24, 2.45) is 0 Å². The van der Waals surface area contributed by atoms with Crippen molar-refractivity contribution in [3.8, 4) is 5.75 Å². The summed E-state index contributed by atoms with van der Waals surface area (Å²) in [7, 11) is 0. The van der Waals surface area contributed by atoms with Crippen LogP contribution in [0.5, 0.6) is 5.75 Å². The number of benzene rings is 1. The highest BCUT2D eigenvalue weighted by molar-refractivity contribution is 5.95. The van der Waals surface area contributed by atoms with Crippen molar-refractivity contribution in [3.63, 3.8) is 0 Å². The van der Waals surface area contributed by atoms with Gasteiger partial charge in [0.15, 0.2) is 0 Å². The van der Waals surface area contributed by atoms with E-state index < -0.39 is 0 Å². The third-order valence-electron chi connectivity index (χ3n) is 4.22. The number of hydrogen-bond acceptors (Lipinski definition) is 3. The molecule has 23 heavy (non-hydrogen) atoms. The third kappa shape index (κ3) is 3.52. The van der Waals surface area contributed by atoms with Crippen LogP contribution in [0.3, 0.4) is 0 Å². The Kier molecular flexibility index (Phi) is 4.91. The molecule has 1 aromatic heterocycles. The molecule has 2 heterocycles. The number of piperidine rings is 1. The Balaban J connectivity index is 1.85. The fourth-order valence-electron chi connectivity index (χ4n) is 3.15. The summed E-state index contributed by atoms with van der Waals surface area (Å²) in [5.74, 6) is 0.813. The van der Waals surface area contributed by atoms with Gasteiger partial charge in [-0.1, -0.05) is 12.1 Å². The quantitative estimate of drug-likeness (QED) is 0.861. The van der Waals surface area contributed by atoms with Gasteiger partial charge in [0.1, 0.15) is 5.75 Å². The highest BCUT2D eigenvalue weighted by atomic mass is 16.5. The summed E-state index contributed by atoms with van der Waals surface area (Å²) in [5, 5.41) is 0. The zero-order valence-electron chi connectivity index (χ0n) is 13.4. The summed E-state index contributed by atoms with van der Waals surface area (Å²) in [6.07, 6.45) is 6.81. The maximum absolute atomic E-state index is 13.0. The van der Waals surface area contributed by atoms with Crippen molar-refractivity contribution in [2.75, 3.05) is 13.2 Å². The molecule has 2 aromatic rings. The molecule has 0 aliphatic carbocycles. The van der Waals surface area contributed by atoms with Gasteiger partial charge in [0.25, 0.3) is 5.91 Å². The van der Waals surface area contributed by atoms with Crippen molar-refractivity contribution >= 4 is 5.91 Å². The summed E-state index contributed by atoms with van der Waals surface area (Å²) >= 11 is 0. The molecule has 1 amide bonds. The van der Waals surface area contributed by atoms with Gasteiger partial charge in [-0.15, -0.1) is 0 Å². The Bertz CT molecular complexity index is 657. The van der Waals surface area contributed by atoms with Crippen molar-refractivity contribution < 1.29 is 9.53 Å². The first-order valence-corrected chi connectivity index (χ1v) is 8.23. The minimum atomic E-state index is 0.0695. The number of carbonyl (C=O) groups excluding carboxylic acids is 1. The third-order valence-corrected chi connectivity index (χ3v) is 4.22. The highest BCUT2D eigenvalue weighted by Gasteiger charge is 2.28. The number of amides is 1. The average molecular weight is 310 g/mol. The van der Waals surface area contributed by atoms with E-state index in [2.05, 4.69) is 11.1 Å². The van der Waals surface area contributed by atoms with E-state index >= 15 is 0 Å². The molecule has 120 valence electrons. The van der Waals surface area contributed by atoms with E-state index in [9.17, 15) is 4.79 Å². The smallest absolute Gasteiger partial charge is 0.254 e. The molecule has 0 saturated carbocycles. The number of likely N-dealkylation sites (tertiary alicyclic amines) is 1. The largest absolute Gasteiger partial charge is 0.494 e. The Morgan fingerprint density at radius 3 is 3.00 bits per heavy atom. The Labute approximate surface area is 137 Å². The number of nitrogens with zero attached hydrogens (tertiary/aromatic N) is 2. The van der Waals surface area contributed by atoms with Crippen LogP contribution in [0, 0.1) is 0 Å². The second kappa shape index (κ2) is 7.27. The zero-order chi connectivity index (χ0) is 16.1. The van der Waals surface area contributed by atoms with Crippen LogP contribution in [-0.4, -0.2) is 28.9 Å². The van der Waals surface area contributed by atoms with E-state index in [1.54, 1.807) is 6.20 Å². The Morgan fingerprint density at radius 2 is 2.22 bits per heavy atom. The molecule has 0 bridgehead atoms. The summed E-state index contributed by atoms with van der Waals surface area (Å²) in [6.45, 7) is 3.33. The van der Waals surface area contributed by atoms with Crippen LogP contribution in [0.1, 0.15) is 48.1 Å². The van der Waals surface area contributed by atoms with Gasteiger partial charge in [-0.25, -0.2) is 0 Å². The van der Waals surface area contributed by atoms with Gasteiger partial charge in [-0.3, -0.25) is 9.78 Å². The molecule has 1 aromatic carbocycles. The predicted molar refractivity (Wildman–Crippen MR) is 89.5 cm³/mol. The standard InChI is InChI=1S/C19H22N2O2/c1-2-23-17-9-5-7-15(13-17)19(22)21-12-4-3-10-18(21)16-8-6-11-20-14-16/h5-9,11,13-14,18H,2-4,10,12H2,1H3/t18-/m1/s1. The van der Waals surface area contributed by atoms with Crippen LogP contribution in [0.4, 0.5) is 0 Å². The summed E-state index contributed by atoms with van der Waals surface area (Å²) in [6, 6.07) is 11.6. The lowest BCUT2D eigenvalue weighted by Gasteiger charge is -2.36. The van der Waals surface area contributed by atoms with Gasteiger partial charge in [0, 0.05) is 24.5 Å². The summed E-state index contributed by atoms with van der Waals surface area (Å²) in [4.78, 5) is 19.2. The molecule has 3 rings (SSSR count). The van der Waals surface area contributed by atoms with Crippen LogP contribution in [0.2, 0.25) is 0 Å². The maximum Gasteiger partial charge on any atom is 0.254 e. The fraction of sp³-hybridized carbons (Fsp3) is 0.368. The van der Waals surface area contributed by atoms with Crippen molar-refractivity contribution in [3.05, 3.63) is 59.9 Å². The van der Waals surface area contributed by atoms with Crippen LogP contribution in [-0.2, 0) is 0 Å². The van der Waals surface area contributed by atoms with Gasteiger partial charge in [0.05, 0.1) is 12.6 Å². The normalized spacial score (nSPS) is 17.8. The van der Waals surface area contributed by atoms with E-state index in [-0.39, 0.29) is 11.9 Å². The zero-order valence-corrected chi connectivity index (χ0v) is 13.4. The van der Waals surface area contributed by atoms with Gasteiger partial charge in [-0.2, -0.15) is 0 Å². The second-order valence-electron chi connectivity index (χ2n) is 5.76. The molecule has 1 fully saturated rings. The van der Waals surface area contributed by atoms with Crippen LogP contribution in [0.15, 0.2) is 48.8 Å². The number of aromatic nitrogens is 1. The Hall–Kier alpha value is -2.36. The van der Waals surface area contributed by atoms with E-state index in [0.717, 1.165) is 37.1 Å². The molecular formula is C19H22N2O2. The maximum atomic E-state index is 13.0. The molecule has 1 aliphatic rings. The summed E-state index contributed by atoms with van der Waals surface area (Å²) < 4.78 is 5.51. The number of carbonyl (C=O) groups is 1. The number of rotatable bonds is 4. The van der Waals surface area contributed by atoms with Crippen molar-refractivity contribution in [1.29, 1.82) is 0 Å². The molecule has 1 saturated heterocycles. The van der Waals surface area contributed by atoms with Crippen LogP contribution < -0.4 is 4.74 Å². The van der Waals surface area contributed by atoms with E-state index in [4.69, 9.17) is 4.74 Å². The molecule has 1 aliphatic heterocycles. The molecule has 4 nitrogen and oxygen atoms in total. The first-order valence-electron chi connectivity index (χ1n) is 8.23. The molecular weight excluding hydrogens is 288 g/mol. The second-order valence-corrected chi connectivity index (χ2v) is 5.76. The lowest BCUT2D eigenvalue weighted by molar-refractivity contribution is 0.0610. The molecule has 4 heteroatoms. The number of ether oxygens (including phenoxy) is 1.